The Labute approximate surface area is 223 Å². The predicted octanol–water partition coefficient (Wildman–Crippen LogP) is 6.30. The van der Waals surface area contributed by atoms with Gasteiger partial charge in [-0.1, -0.05) is 41.4 Å². The Morgan fingerprint density at radius 2 is 1.68 bits per heavy atom. The molecule has 4 rings (SSSR count). The molecule has 0 saturated heterocycles. The third-order valence-electron chi connectivity index (χ3n) is 5.41. The lowest BCUT2D eigenvalue weighted by atomic mass is 10.1. The van der Waals surface area contributed by atoms with Crippen LogP contribution in [-0.4, -0.2) is 42.4 Å². The molecule has 0 radical (unpaired) electrons. The number of halogens is 2. The van der Waals surface area contributed by atoms with E-state index in [2.05, 4.69) is 0 Å². The first-order chi connectivity index (χ1) is 17.9. The monoisotopic (exact) mass is 536 g/mol. The van der Waals surface area contributed by atoms with Gasteiger partial charge in [0.05, 0.1) is 30.0 Å². The van der Waals surface area contributed by atoms with Gasteiger partial charge in [-0.25, -0.2) is 9.48 Å². The molecule has 1 aromatic heterocycles. The highest BCUT2D eigenvalue weighted by Gasteiger charge is 2.15. The van der Waals surface area contributed by atoms with E-state index in [0.717, 1.165) is 11.3 Å². The predicted molar refractivity (Wildman–Crippen MR) is 143 cm³/mol. The summed E-state index contributed by atoms with van der Waals surface area (Å²) < 4.78 is 17.6. The van der Waals surface area contributed by atoms with Crippen LogP contribution in [0, 0.1) is 0 Å². The van der Waals surface area contributed by atoms with Crippen LogP contribution < -0.4 is 9.47 Å². The summed E-state index contributed by atoms with van der Waals surface area (Å²) in [7, 11) is 3.12. The third-order valence-corrected chi connectivity index (χ3v) is 6.15. The second-order valence-corrected chi connectivity index (χ2v) is 8.59. The zero-order chi connectivity index (χ0) is 26.4. The van der Waals surface area contributed by atoms with Gasteiger partial charge in [0.1, 0.15) is 5.69 Å². The van der Waals surface area contributed by atoms with Gasteiger partial charge in [0.15, 0.2) is 23.9 Å². The molecule has 0 unspecified atom stereocenters. The van der Waals surface area contributed by atoms with Crippen molar-refractivity contribution in [3.05, 3.63) is 100 Å². The molecule has 4 aromatic rings. The Balaban J connectivity index is 1.57. The average Bonchev–Trinajstić information content (AvgIpc) is 3.36. The number of carbonyl (C=O) groups excluding carboxylic acids is 2. The first-order valence-electron chi connectivity index (χ1n) is 11.1. The average molecular weight is 537 g/mol. The van der Waals surface area contributed by atoms with Crippen LogP contribution in [0.25, 0.3) is 23.0 Å². The maximum atomic E-state index is 12.4. The van der Waals surface area contributed by atoms with Crippen molar-refractivity contribution in [3.8, 4) is 28.4 Å². The number of Topliss-reactive ketones (excluding diaryl/α,β-unsaturated/α-hetero) is 1. The molecule has 0 fully saturated rings. The van der Waals surface area contributed by atoms with E-state index in [0.29, 0.717) is 33.3 Å². The molecular formula is C28H22Cl2N2O5. The Morgan fingerprint density at radius 3 is 2.38 bits per heavy atom. The summed E-state index contributed by atoms with van der Waals surface area (Å²) in [4.78, 5) is 24.8. The number of hydrogen-bond donors (Lipinski definition) is 0. The molecule has 1 heterocycles. The van der Waals surface area contributed by atoms with Gasteiger partial charge in [-0.15, -0.1) is 0 Å². The fraction of sp³-hybridized carbons (Fsp3) is 0.107. The van der Waals surface area contributed by atoms with Crippen molar-refractivity contribution in [2.75, 3.05) is 20.8 Å². The van der Waals surface area contributed by atoms with Gasteiger partial charge >= 0.3 is 5.97 Å². The lowest BCUT2D eigenvalue weighted by Gasteiger charge is -2.09. The zero-order valence-electron chi connectivity index (χ0n) is 20.0. The number of para-hydroxylation sites is 1. The summed E-state index contributed by atoms with van der Waals surface area (Å²) in [6.07, 6.45) is 4.63. The number of hydrogen-bond acceptors (Lipinski definition) is 6. The number of ether oxygens (including phenoxy) is 3. The number of nitrogens with zero attached hydrogens (tertiary/aromatic N) is 2. The summed E-state index contributed by atoms with van der Waals surface area (Å²) >= 11 is 11.8. The van der Waals surface area contributed by atoms with Crippen LogP contribution in [0.3, 0.4) is 0 Å². The van der Waals surface area contributed by atoms with Crippen molar-refractivity contribution in [1.82, 2.24) is 9.78 Å². The second-order valence-electron chi connectivity index (χ2n) is 7.78. The minimum atomic E-state index is -0.681. The zero-order valence-corrected chi connectivity index (χ0v) is 21.5. The highest BCUT2D eigenvalue weighted by atomic mass is 35.5. The number of ketones is 1. The summed E-state index contributed by atoms with van der Waals surface area (Å²) in [6.45, 7) is -0.438. The summed E-state index contributed by atoms with van der Waals surface area (Å²) in [6, 6.07) is 19.5. The lowest BCUT2D eigenvalue weighted by molar-refractivity contribution is -0.136. The Morgan fingerprint density at radius 1 is 0.919 bits per heavy atom. The van der Waals surface area contributed by atoms with Gasteiger partial charge < -0.3 is 14.2 Å². The first-order valence-corrected chi connectivity index (χ1v) is 11.9. The van der Waals surface area contributed by atoms with Crippen molar-refractivity contribution in [3.63, 3.8) is 0 Å². The normalized spacial score (nSPS) is 10.9. The fourth-order valence-electron chi connectivity index (χ4n) is 3.53. The summed E-state index contributed by atoms with van der Waals surface area (Å²) in [5, 5.41) is 5.31. The van der Waals surface area contributed by atoms with Crippen LogP contribution in [-0.2, 0) is 9.53 Å². The van der Waals surface area contributed by atoms with Crippen LogP contribution in [0.4, 0.5) is 0 Å². The fourth-order valence-corrected chi connectivity index (χ4v) is 3.82. The van der Waals surface area contributed by atoms with Crippen LogP contribution in [0.1, 0.15) is 15.9 Å². The molecule has 3 aromatic carbocycles. The van der Waals surface area contributed by atoms with Crippen LogP contribution in [0.5, 0.6) is 11.5 Å². The van der Waals surface area contributed by atoms with E-state index in [1.165, 1.54) is 24.3 Å². The molecule has 0 spiro atoms. The number of benzene rings is 3. The molecule has 0 aliphatic carbocycles. The molecule has 0 amide bonds. The van der Waals surface area contributed by atoms with Crippen molar-refractivity contribution < 1.29 is 23.8 Å². The molecular weight excluding hydrogens is 515 g/mol. The van der Waals surface area contributed by atoms with E-state index in [1.54, 1.807) is 37.2 Å². The Bertz CT molecular complexity index is 1460. The van der Waals surface area contributed by atoms with Gasteiger partial charge in [0.2, 0.25) is 0 Å². The quantitative estimate of drug-likeness (QED) is 0.142. The maximum Gasteiger partial charge on any atom is 0.331 e. The molecule has 37 heavy (non-hydrogen) atoms. The standard InChI is InChI=1S/C28H22Cl2N2O5/c1-35-25-12-9-19(15-26(25)36-2)28-20(16-32(31-28)21-6-4-3-5-7-21)10-13-27(34)37-17-24(33)18-8-11-22(29)23(30)14-18/h3-16H,17H2,1-2H3. The maximum absolute atomic E-state index is 12.4. The highest BCUT2D eigenvalue weighted by molar-refractivity contribution is 6.42. The molecule has 0 aliphatic heterocycles. The van der Waals surface area contributed by atoms with Gasteiger partial charge in [-0.2, -0.15) is 5.10 Å². The van der Waals surface area contributed by atoms with E-state index in [1.807, 2.05) is 42.5 Å². The van der Waals surface area contributed by atoms with Crippen molar-refractivity contribution in [2.45, 2.75) is 0 Å². The number of methoxy groups -OCH3 is 2. The van der Waals surface area contributed by atoms with Crippen LogP contribution in [0.15, 0.2) is 79.0 Å². The summed E-state index contributed by atoms with van der Waals surface area (Å²) in [5.41, 5.74) is 3.17. The number of esters is 1. The molecule has 0 N–H and O–H groups in total. The largest absolute Gasteiger partial charge is 0.493 e. The number of carbonyl (C=O) groups is 2. The molecule has 0 atom stereocenters. The SMILES string of the molecule is COc1ccc(-c2nn(-c3ccccc3)cc2C=CC(=O)OCC(=O)c2ccc(Cl)c(Cl)c2)cc1OC. The Hall–Kier alpha value is -4.07. The van der Waals surface area contributed by atoms with E-state index >= 15 is 0 Å². The Kier molecular flexibility index (Phi) is 8.28. The lowest BCUT2D eigenvalue weighted by Crippen LogP contribution is -2.12. The molecule has 188 valence electrons. The van der Waals surface area contributed by atoms with Gasteiger partial charge in [0, 0.05) is 29.0 Å². The van der Waals surface area contributed by atoms with E-state index < -0.39 is 18.4 Å². The topological polar surface area (TPSA) is 79.7 Å². The smallest absolute Gasteiger partial charge is 0.331 e. The first kappa shape index (κ1) is 26.0. The molecule has 7 nitrogen and oxygen atoms in total. The van der Waals surface area contributed by atoms with Gasteiger partial charge in [-0.3, -0.25) is 4.79 Å². The van der Waals surface area contributed by atoms with Crippen LogP contribution >= 0.6 is 23.2 Å². The van der Waals surface area contributed by atoms with Gasteiger partial charge in [0.25, 0.3) is 0 Å². The van der Waals surface area contributed by atoms with E-state index in [4.69, 9.17) is 42.5 Å². The van der Waals surface area contributed by atoms with Crippen molar-refractivity contribution >= 4 is 41.0 Å². The number of aromatic nitrogens is 2. The van der Waals surface area contributed by atoms with Crippen molar-refractivity contribution in [2.24, 2.45) is 0 Å². The molecule has 0 saturated carbocycles. The minimum Gasteiger partial charge on any atom is -0.493 e. The molecule has 0 aliphatic rings. The van der Waals surface area contributed by atoms with E-state index in [9.17, 15) is 9.59 Å². The third kappa shape index (κ3) is 6.20. The summed E-state index contributed by atoms with van der Waals surface area (Å²) in [5.74, 6) is 0.0489. The molecule has 9 heteroatoms. The number of rotatable bonds is 9. The highest BCUT2D eigenvalue weighted by Crippen LogP contribution is 2.34. The van der Waals surface area contributed by atoms with Crippen molar-refractivity contribution in [1.29, 1.82) is 0 Å². The molecule has 0 bridgehead atoms. The minimum absolute atomic E-state index is 0.247. The van der Waals surface area contributed by atoms with Gasteiger partial charge in [-0.05, 0) is 54.6 Å². The second kappa shape index (κ2) is 11.8. The van der Waals surface area contributed by atoms with E-state index in [-0.39, 0.29) is 5.02 Å². The van der Waals surface area contributed by atoms with Crippen LogP contribution in [0.2, 0.25) is 10.0 Å².